The number of anilines is 2. The van der Waals surface area contributed by atoms with Crippen molar-refractivity contribution in [3.8, 4) is 0 Å². The van der Waals surface area contributed by atoms with Gasteiger partial charge >= 0.3 is 0 Å². The summed E-state index contributed by atoms with van der Waals surface area (Å²) in [6.45, 7) is 1.75. The van der Waals surface area contributed by atoms with E-state index in [9.17, 15) is 9.59 Å². The molecule has 1 heterocycles. The number of nitrogens with zero attached hydrogens (tertiary/aromatic N) is 2. The third kappa shape index (κ3) is 4.18. The number of amides is 2. The average Bonchev–Trinajstić information content (AvgIpc) is 2.63. The Morgan fingerprint density at radius 2 is 1.81 bits per heavy atom. The van der Waals surface area contributed by atoms with E-state index in [2.05, 4.69) is 10.3 Å². The largest absolute Gasteiger partial charge is 0.324 e. The molecule has 0 aliphatic rings. The van der Waals surface area contributed by atoms with Crippen LogP contribution in [0.2, 0.25) is 5.02 Å². The predicted octanol–water partition coefficient (Wildman–Crippen LogP) is 4.27. The second-order valence-electron chi connectivity index (χ2n) is 5.83. The highest BCUT2D eigenvalue weighted by molar-refractivity contribution is 6.30. The Bertz CT molecular complexity index is 936. The molecule has 5 nitrogen and oxygen atoms in total. The van der Waals surface area contributed by atoms with Crippen LogP contribution in [0.4, 0.5) is 11.4 Å². The molecule has 3 rings (SSSR count). The Morgan fingerprint density at radius 1 is 1.08 bits per heavy atom. The van der Waals surface area contributed by atoms with Crippen LogP contribution in [-0.4, -0.2) is 23.3 Å². The molecule has 26 heavy (non-hydrogen) atoms. The van der Waals surface area contributed by atoms with E-state index in [4.69, 9.17) is 11.6 Å². The number of nitrogens with one attached hydrogen (secondary N) is 1. The van der Waals surface area contributed by atoms with Crippen LogP contribution in [0.3, 0.4) is 0 Å². The van der Waals surface area contributed by atoms with Gasteiger partial charge in [0.1, 0.15) is 0 Å². The van der Waals surface area contributed by atoms with Gasteiger partial charge in [-0.15, -0.1) is 0 Å². The standard InChI is InChI=1S/C20H18ClN3O2/c1-14(25)24(17-9-7-16(21)8-10-17)13-11-19(26)23-18-6-2-4-15-5-3-12-22-20(15)18/h2-10,12H,11,13H2,1H3,(H,23,26). The van der Waals surface area contributed by atoms with Crippen molar-refractivity contribution in [3.05, 3.63) is 65.8 Å². The van der Waals surface area contributed by atoms with Gasteiger partial charge < -0.3 is 10.2 Å². The maximum absolute atomic E-state index is 12.4. The van der Waals surface area contributed by atoms with E-state index >= 15 is 0 Å². The fourth-order valence-electron chi connectivity index (χ4n) is 2.72. The number of hydrogen-bond acceptors (Lipinski definition) is 3. The Morgan fingerprint density at radius 3 is 2.54 bits per heavy atom. The van der Waals surface area contributed by atoms with Gasteiger partial charge in [0.25, 0.3) is 0 Å². The molecule has 0 saturated carbocycles. The first kappa shape index (κ1) is 17.9. The van der Waals surface area contributed by atoms with Crippen LogP contribution < -0.4 is 10.2 Å². The normalized spacial score (nSPS) is 10.5. The van der Waals surface area contributed by atoms with Crippen molar-refractivity contribution in [2.75, 3.05) is 16.8 Å². The highest BCUT2D eigenvalue weighted by Gasteiger charge is 2.14. The monoisotopic (exact) mass is 367 g/mol. The van der Waals surface area contributed by atoms with Gasteiger partial charge in [-0.2, -0.15) is 0 Å². The van der Waals surface area contributed by atoms with Crippen molar-refractivity contribution in [1.82, 2.24) is 4.98 Å². The van der Waals surface area contributed by atoms with Crippen LogP contribution in [0.15, 0.2) is 60.8 Å². The summed E-state index contributed by atoms with van der Waals surface area (Å²) in [6.07, 6.45) is 1.86. The first-order valence-corrected chi connectivity index (χ1v) is 8.59. The first-order valence-electron chi connectivity index (χ1n) is 8.22. The Labute approximate surface area is 156 Å². The van der Waals surface area contributed by atoms with Gasteiger partial charge in [0, 0.05) is 42.2 Å². The second kappa shape index (κ2) is 7.97. The van der Waals surface area contributed by atoms with E-state index in [0.717, 1.165) is 10.9 Å². The molecule has 2 aromatic carbocycles. The van der Waals surface area contributed by atoms with Gasteiger partial charge in [-0.05, 0) is 36.4 Å². The van der Waals surface area contributed by atoms with Crippen molar-refractivity contribution in [2.24, 2.45) is 0 Å². The average molecular weight is 368 g/mol. The number of pyridine rings is 1. The highest BCUT2D eigenvalue weighted by Crippen LogP contribution is 2.21. The predicted molar refractivity (Wildman–Crippen MR) is 104 cm³/mol. The summed E-state index contributed by atoms with van der Waals surface area (Å²) >= 11 is 5.89. The molecule has 0 saturated heterocycles. The number of para-hydroxylation sites is 1. The van der Waals surface area contributed by atoms with Gasteiger partial charge in [-0.1, -0.05) is 29.8 Å². The zero-order valence-corrected chi connectivity index (χ0v) is 15.0. The smallest absolute Gasteiger partial charge is 0.226 e. The number of halogens is 1. The van der Waals surface area contributed by atoms with E-state index in [0.29, 0.717) is 16.4 Å². The summed E-state index contributed by atoms with van der Waals surface area (Å²) in [6, 6.07) is 16.4. The quantitative estimate of drug-likeness (QED) is 0.732. The van der Waals surface area contributed by atoms with Crippen molar-refractivity contribution in [3.63, 3.8) is 0 Å². The topological polar surface area (TPSA) is 62.3 Å². The van der Waals surface area contributed by atoms with E-state index in [-0.39, 0.29) is 24.8 Å². The molecule has 1 N–H and O–H groups in total. The van der Waals surface area contributed by atoms with E-state index < -0.39 is 0 Å². The number of benzene rings is 2. The van der Waals surface area contributed by atoms with Crippen LogP contribution in [0.1, 0.15) is 13.3 Å². The summed E-state index contributed by atoms with van der Waals surface area (Å²) in [5.74, 6) is -0.310. The lowest BCUT2D eigenvalue weighted by atomic mass is 10.2. The minimum absolute atomic E-state index is 0.132. The SMILES string of the molecule is CC(=O)N(CCC(=O)Nc1cccc2cccnc12)c1ccc(Cl)cc1. The second-order valence-corrected chi connectivity index (χ2v) is 6.26. The number of aromatic nitrogens is 1. The van der Waals surface area contributed by atoms with Crippen LogP contribution >= 0.6 is 11.6 Å². The molecule has 1 aromatic heterocycles. The van der Waals surface area contributed by atoms with Crippen molar-refractivity contribution < 1.29 is 9.59 Å². The Kier molecular flexibility index (Phi) is 5.49. The van der Waals surface area contributed by atoms with Gasteiger partial charge in [-0.25, -0.2) is 0 Å². The number of carbonyl (C=O) groups is 2. The zero-order valence-electron chi connectivity index (χ0n) is 14.3. The molecule has 0 aliphatic carbocycles. The minimum Gasteiger partial charge on any atom is -0.324 e. The van der Waals surface area contributed by atoms with Crippen LogP contribution in [0.5, 0.6) is 0 Å². The molecule has 0 unspecified atom stereocenters. The molecule has 0 bridgehead atoms. The molecule has 0 spiro atoms. The summed E-state index contributed by atoms with van der Waals surface area (Å²) < 4.78 is 0. The van der Waals surface area contributed by atoms with E-state index in [1.807, 2.05) is 30.3 Å². The maximum atomic E-state index is 12.4. The highest BCUT2D eigenvalue weighted by atomic mass is 35.5. The van der Waals surface area contributed by atoms with Gasteiger partial charge in [-0.3, -0.25) is 14.6 Å². The summed E-state index contributed by atoms with van der Waals surface area (Å²) in [4.78, 5) is 30.2. The van der Waals surface area contributed by atoms with Crippen molar-refractivity contribution >= 4 is 45.7 Å². The number of rotatable bonds is 5. The first-order chi connectivity index (χ1) is 12.5. The molecule has 0 fully saturated rings. The number of fused-ring (bicyclic) bond motifs is 1. The molecule has 6 heteroatoms. The molecule has 0 radical (unpaired) electrons. The van der Waals surface area contributed by atoms with Crippen molar-refractivity contribution in [2.45, 2.75) is 13.3 Å². The molecule has 132 valence electrons. The maximum Gasteiger partial charge on any atom is 0.226 e. The summed E-state index contributed by atoms with van der Waals surface area (Å²) in [5.41, 5.74) is 2.11. The molecular weight excluding hydrogens is 350 g/mol. The fraction of sp³-hybridized carbons (Fsp3) is 0.150. The third-order valence-electron chi connectivity index (χ3n) is 3.99. The minimum atomic E-state index is -0.177. The van der Waals surface area contributed by atoms with Gasteiger partial charge in [0.2, 0.25) is 11.8 Å². The Balaban J connectivity index is 1.69. The number of hydrogen-bond donors (Lipinski definition) is 1. The van der Waals surface area contributed by atoms with Crippen LogP contribution in [0.25, 0.3) is 10.9 Å². The molecule has 0 atom stereocenters. The van der Waals surface area contributed by atoms with Gasteiger partial charge in [0.05, 0.1) is 11.2 Å². The molecule has 3 aromatic rings. The van der Waals surface area contributed by atoms with Gasteiger partial charge in [0.15, 0.2) is 0 Å². The van der Waals surface area contributed by atoms with Crippen molar-refractivity contribution in [1.29, 1.82) is 0 Å². The lowest BCUT2D eigenvalue weighted by Crippen LogP contribution is -2.31. The van der Waals surface area contributed by atoms with Crippen LogP contribution in [0, 0.1) is 0 Å². The van der Waals surface area contributed by atoms with Crippen LogP contribution in [-0.2, 0) is 9.59 Å². The number of carbonyl (C=O) groups excluding carboxylic acids is 2. The third-order valence-corrected chi connectivity index (χ3v) is 4.24. The molecule has 0 aliphatic heterocycles. The zero-order chi connectivity index (χ0) is 18.5. The molecule has 2 amide bonds. The van der Waals surface area contributed by atoms with E-state index in [1.54, 1.807) is 35.4 Å². The summed E-state index contributed by atoms with van der Waals surface area (Å²) in [5, 5.41) is 4.43. The summed E-state index contributed by atoms with van der Waals surface area (Å²) in [7, 11) is 0. The van der Waals surface area contributed by atoms with E-state index in [1.165, 1.54) is 6.92 Å². The lowest BCUT2D eigenvalue weighted by molar-refractivity contribution is -0.117. The fourth-order valence-corrected chi connectivity index (χ4v) is 2.85. The Hall–Kier alpha value is -2.92. The lowest BCUT2D eigenvalue weighted by Gasteiger charge is -2.21. The molecular formula is C20H18ClN3O2.